The summed E-state index contributed by atoms with van der Waals surface area (Å²) in [5.41, 5.74) is 0.761. The van der Waals surface area contributed by atoms with Gasteiger partial charge in [-0.1, -0.05) is 0 Å². The molecule has 46 heavy (non-hydrogen) atoms. The zero-order valence-corrected chi connectivity index (χ0v) is 26.8. The van der Waals surface area contributed by atoms with Crippen molar-refractivity contribution in [3.8, 4) is 17.2 Å². The number of aromatic hydroxyl groups is 3. The van der Waals surface area contributed by atoms with Crippen LogP contribution in [-0.2, 0) is 50.0 Å². The topological polar surface area (TPSA) is 263 Å². The maximum atomic E-state index is 11.4. The van der Waals surface area contributed by atoms with Gasteiger partial charge >= 0.3 is 0 Å². The number of nitrogens with zero attached hydrogens (tertiary/aromatic N) is 1. The monoisotopic (exact) mass is 704 g/mol. The van der Waals surface area contributed by atoms with E-state index in [0.29, 0.717) is 39.3 Å². The Hall–Kier alpha value is -3.37. The molecule has 0 aliphatic carbocycles. The van der Waals surface area contributed by atoms with Gasteiger partial charge in [-0.15, -0.1) is 0 Å². The van der Waals surface area contributed by atoms with Crippen molar-refractivity contribution in [3.05, 3.63) is 71.3 Å². The number of rotatable bonds is 18. The standard InChI is InChI=1S/C27H36N4O12S3/c32-25-4-1-22(44(35,36)37)13-19(25)16-28-7-10-31(11-8-29-17-20-14-23(45(38,39)40)2-5-26(20)33)12-9-30-18-21-15-24(46(41,42)43)3-6-27(21)34/h1-6,13-15,28-30,32-34H,7-12,16-18H2,(H,35,36,37)(H,38,39,40)(H,41,42,43). The molecule has 0 bridgehead atoms. The highest BCUT2D eigenvalue weighted by Crippen LogP contribution is 2.23. The van der Waals surface area contributed by atoms with E-state index >= 15 is 0 Å². The molecule has 3 rings (SSSR count). The molecule has 0 saturated carbocycles. The fraction of sp³-hybridized carbons (Fsp3) is 0.333. The van der Waals surface area contributed by atoms with Gasteiger partial charge in [0, 0.05) is 75.6 Å². The first kappa shape index (κ1) is 37.1. The molecule has 16 nitrogen and oxygen atoms in total. The van der Waals surface area contributed by atoms with Crippen molar-refractivity contribution >= 4 is 30.4 Å². The molecule has 0 aliphatic heterocycles. The van der Waals surface area contributed by atoms with Crippen LogP contribution in [0.4, 0.5) is 0 Å². The van der Waals surface area contributed by atoms with Crippen LogP contribution in [0.1, 0.15) is 16.7 Å². The fourth-order valence-electron chi connectivity index (χ4n) is 4.31. The Labute approximate surface area is 267 Å². The van der Waals surface area contributed by atoms with Gasteiger partial charge in [0.05, 0.1) is 14.7 Å². The van der Waals surface area contributed by atoms with Gasteiger partial charge in [-0.05, 0) is 54.6 Å². The summed E-state index contributed by atoms with van der Waals surface area (Å²) in [6, 6.07) is 10.2. The minimum Gasteiger partial charge on any atom is -0.508 e. The number of nitrogens with one attached hydrogen (secondary N) is 3. The average Bonchev–Trinajstić information content (AvgIpc) is 2.95. The van der Waals surface area contributed by atoms with Crippen molar-refractivity contribution in [2.45, 2.75) is 34.3 Å². The SMILES string of the molecule is O=S(=O)(O)c1ccc(O)c(CNCCN(CCNCc2cc(S(=O)(=O)O)ccc2O)CCNCc2cc(S(=O)(=O)O)ccc2O)c1. The Morgan fingerprint density at radius 1 is 0.478 bits per heavy atom. The van der Waals surface area contributed by atoms with Crippen molar-refractivity contribution in [2.75, 3.05) is 39.3 Å². The van der Waals surface area contributed by atoms with Crippen LogP contribution in [0.25, 0.3) is 0 Å². The van der Waals surface area contributed by atoms with Crippen molar-refractivity contribution in [3.63, 3.8) is 0 Å². The Morgan fingerprint density at radius 3 is 0.978 bits per heavy atom. The van der Waals surface area contributed by atoms with Gasteiger partial charge in [0.1, 0.15) is 17.2 Å². The number of hydrogen-bond donors (Lipinski definition) is 9. The van der Waals surface area contributed by atoms with E-state index in [1.165, 1.54) is 0 Å². The molecule has 0 amide bonds. The lowest BCUT2D eigenvalue weighted by Gasteiger charge is -2.23. The van der Waals surface area contributed by atoms with Crippen molar-refractivity contribution in [2.24, 2.45) is 0 Å². The van der Waals surface area contributed by atoms with E-state index in [1.807, 2.05) is 4.90 Å². The maximum absolute atomic E-state index is 11.4. The van der Waals surface area contributed by atoms with Crippen molar-refractivity contribution in [1.82, 2.24) is 20.9 Å². The van der Waals surface area contributed by atoms with E-state index in [1.54, 1.807) is 0 Å². The second kappa shape index (κ2) is 16.0. The van der Waals surface area contributed by atoms with Gasteiger partial charge in [0.15, 0.2) is 0 Å². The molecule has 0 unspecified atom stereocenters. The molecule has 3 aromatic rings. The largest absolute Gasteiger partial charge is 0.508 e. The summed E-state index contributed by atoms with van der Waals surface area (Å²) in [4.78, 5) is 0.927. The van der Waals surface area contributed by atoms with Crippen LogP contribution in [0.2, 0.25) is 0 Å². The second-order valence-corrected chi connectivity index (χ2v) is 14.4. The number of phenolic OH excluding ortho intramolecular Hbond substituents is 3. The van der Waals surface area contributed by atoms with E-state index in [0.717, 1.165) is 54.6 Å². The molecule has 254 valence electrons. The van der Waals surface area contributed by atoms with Crippen LogP contribution in [0, 0.1) is 0 Å². The highest BCUT2D eigenvalue weighted by molar-refractivity contribution is 7.86. The molecule has 0 saturated heterocycles. The van der Waals surface area contributed by atoms with Crippen LogP contribution in [0.3, 0.4) is 0 Å². The summed E-state index contributed by atoms with van der Waals surface area (Å²) in [5, 5.41) is 39.5. The van der Waals surface area contributed by atoms with E-state index in [2.05, 4.69) is 16.0 Å². The minimum absolute atomic E-state index is 0.0896. The lowest BCUT2D eigenvalue weighted by Crippen LogP contribution is -2.40. The summed E-state index contributed by atoms with van der Waals surface area (Å²) < 4.78 is 96.5. The summed E-state index contributed by atoms with van der Waals surface area (Å²) in [5.74, 6) is -0.478. The second-order valence-electron chi connectivity index (χ2n) is 10.2. The van der Waals surface area contributed by atoms with Crippen LogP contribution in [0.15, 0.2) is 69.3 Å². The number of phenols is 3. The highest BCUT2D eigenvalue weighted by Gasteiger charge is 2.15. The molecule has 0 heterocycles. The summed E-state index contributed by atoms with van der Waals surface area (Å²) >= 11 is 0. The maximum Gasteiger partial charge on any atom is 0.294 e. The first-order valence-corrected chi connectivity index (χ1v) is 18.0. The summed E-state index contributed by atoms with van der Waals surface area (Å²) in [6.45, 7) is 2.77. The fourth-order valence-corrected chi connectivity index (χ4v) is 5.90. The van der Waals surface area contributed by atoms with Crippen LogP contribution < -0.4 is 16.0 Å². The zero-order valence-electron chi connectivity index (χ0n) is 24.4. The molecule has 0 aromatic heterocycles. The zero-order chi connectivity index (χ0) is 34.1. The normalized spacial score (nSPS) is 12.5. The molecule has 3 aromatic carbocycles. The van der Waals surface area contributed by atoms with Gasteiger partial charge in [0.2, 0.25) is 0 Å². The number of benzene rings is 3. The van der Waals surface area contributed by atoms with Gasteiger partial charge < -0.3 is 31.3 Å². The Bertz CT molecular complexity index is 1620. The van der Waals surface area contributed by atoms with E-state index < -0.39 is 30.4 Å². The molecule has 0 aliphatic rings. The van der Waals surface area contributed by atoms with Gasteiger partial charge in [-0.25, -0.2) is 0 Å². The molecular formula is C27H36N4O12S3. The summed E-state index contributed by atoms with van der Waals surface area (Å²) in [6.07, 6.45) is 0. The van der Waals surface area contributed by atoms with Crippen molar-refractivity contribution in [1.29, 1.82) is 0 Å². The molecule has 9 N–H and O–H groups in total. The van der Waals surface area contributed by atoms with Gasteiger partial charge in [-0.3, -0.25) is 18.6 Å². The first-order valence-electron chi connectivity index (χ1n) is 13.7. The van der Waals surface area contributed by atoms with Gasteiger partial charge in [0.25, 0.3) is 30.4 Å². The molecular weight excluding hydrogens is 669 g/mol. The summed E-state index contributed by atoms with van der Waals surface area (Å²) in [7, 11) is -13.4. The molecule has 19 heteroatoms. The third-order valence-electron chi connectivity index (χ3n) is 6.81. The average molecular weight is 705 g/mol. The predicted molar refractivity (Wildman–Crippen MR) is 165 cm³/mol. The van der Waals surface area contributed by atoms with Crippen LogP contribution in [0.5, 0.6) is 17.2 Å². The molecule has 0 radical (unpaired) electrons. The van der Waals surface area contributed by atoms with Gasteiger partial charge in [-0.2, -0.15) is 25.3 Å². The predicted octanol–water partition coefficient (Wildman–Crippen LogP) is 0.515. The smallest absolute Gasteiger partial charge is 0.294 e. The Morgan fingerprint density at radius 2 is 0.739 bits per heavy atom. The quantitative estimate of drug-likeness (QED) is 0.0645. The molecule has 0 fully saturated rings. The first-order chi connectivity index (χ1) is 21.4. The third-order valence-corrected chi connectivity index (χ3v) is 9.36. The Balaban J connectivity index is 1.59. The molecule has 0 atom stereocenters. The highest BCUT2D eigenvalue weighted by atomic mass is 32.2. The molecule has 0 spiro atoms. The van der Waals surface area contributed by atoms with Crippen LogP contribution in [-0.4, -0.2) is 98.4 Å². The number of hydrogen-bond acceptors (Lipinski definition) is 13. The minimum atomic E-state index is -4.45. The lowest BCUT2D eigenvalue weighted by atomic mass is 10.2. The third kappa shape index (κ3) is 11.5. The lowest BCUT2D eigenvalue weighted by molar-refractivity contribution is 0.270. The van der Waals surface area contributed by atoms with E-state index in [4.69, 9.17) is 0 Å². The van der Waals surface area contributed by atoms with Crippen LogP contribution >= 0.6 is 0 Å². The van der Waals surface area contributed by atoms with Crippen molar-refractivity contribution < 1.29 is 54.2 Å². The van der Waals surface area contributed by atoms with E-state index in [9.17, 15) is 54.2 Å². The Kier molecular flexibility index (Phi) is 12.9. The van der Waals surface area contributed by atoms with E-state index in [-0.39, 0.29) is 68.3 Å².